The molecule has 0 aliphatic heterocycles. The number of pyridine rings is 1. The van der Waals surface area contributed by atoms with Gasteiger partial charge in [-0.2, -0.15) is 0 Å². The Hall–Kier alpha value is -3.87. The van der Waals surface area contributed by atoms with Crippen LogP contribution in [0, 0.1) is 11.6 Å². The van der Waals surface area contributed by atoms with Crippen LogP contribution in [0.1, 0.15) is 27.9 Å². The van der Waals surface area contributed by atoms with Crippen molar-refractivity contribution in [1.29, 1.82) is 0 Å². The summed E-state index contributed by atoms with van der Waals surface area (Å²) in [6.07, 6.45) is 7.82. The molecule has 1 aliphatic rings. The van der Waals surface area contributed by atoms with E-state index in [0.29, 0.717) is 5.69 Å². The third-order valence-electron chi connectivity index (χ3n) is 5.75. The van der Waals surface area contributed by atoms with Gasteiger partial charge in [0.2, 0.25) is 0 Å². The molecular formula is C25H20F2N4O. The Kier molecular flexibility index (Phi) is 5.01. The van der Waals surface area contributed by atoms with E-state index in [4.69, 9.17) is 0 Å². The van der Waals surface area contributed by atoms with E-state index in [1.54, 1.807) is 6.20 Å². The largest absolute Gasteiger partial charge is 0.334 e. The van der Waals surface area contributed by atoms with Crippen LogP contribution in [-0.2, 0) is 19.9 Å². The topological polar surface area (TPSA) is 59.8 Å². The smallest absolute Gasteiger partial charge is 0.261 e. The molecule has 1 N–H and O–H groups in total. The highest BCUT2D eigenvalue weighted by molar-refractivity contribution is 6.04. The molecule has 160 valence electrons. The lowest BCUT2D eigenvalue weighted by Crippen LogP contribution is -2.16. The summed E-state index contributed by atoms with van der Waals surface area (Å²) in [5.41, 5.74) is 4.87. The second kappa shape index (κ2) is 8.00. The molecular weight excluding hydrogens is 410 g/mol. The van der Waals surface area contributed by atoms with Gasteiger partial charge < -0.3 is 9.88 Å². The molecule has 2 heterocycles. The molecule has 2 aromatic heterocycles. The van der Waals surface area contributed by atoms with Gasteiger partial charge in [0.25, 0.3) is 5.91 Å². The van der Waals surface area contributed by atoms with Crippen LogP contribution in [0.5, 0.6) is 0 Å². The summed E-state index contributed by atoms with van der Waals surface area (Å²) in [5, 5.41) is 2.58. The number of aromatic nitrogens is 3. The number of hydrogen-bond donors (Lipinski definition) is 1. The molecule has 0 saturated carbocycles. The van der Waals surface area contributed by atoms with Crippen molar-refractivity contribution >= 4 is 11.6 Å². The minimum absolute atomic E-state index is 0.403. The summed E-state index contributed by atoms with van der Waals surface area (Å²) in [7, 11) is 1.95. The van der Waals surface area contributed by atoms with Crippen LogP contribution >= 0.6 is 0 Å². The first-order valence-corrected chi connectivity index (χ1v) is 10.4. The van der Waals surface area contributed by atoms with Gasteiger partial charge in [-0.15, -0.1) is 0 Å². The van der Waals surface area contributed by atoms with Gasteiger partial charge in [0.1, 0.15) is 23.0 Å². The number of nitrogens with zero attached hydrogens (tertiary/aromatic N) is 3. The lowest BCUT2D eigenvalue weighted by atomic mass is 9.98. The standard InChI is InChI=1S/C25H20F2N4O/c1-31-11-10-28-24(31)17-9-8-15-4-2-5-16-12-18(14-29-23(16)19(15)13-17)30-25(32)22-20(26)6-3-7-21(22)27/h3,6-14H,2,4-5H2,1H3,(H,30,32). The molecule has 5 nitrogen and oxygen atoms in total. The van der Waals surface area contributed by atoms with Gasteiger partial charge in [-0.25, -0.2) is 13.8 Å². The average Bonchev–Trinajstić information content (AvgIpc) is 3.11. The van der Waals surface area contributed by atoms with Crippen molar-refractivity contribution in [2.24, 2.45) is 7.05 Å². The highest BCUT2D eigenvalue weighted by Crippen LogP contribution is 2.35. The first-order chi connectivity index (χ1) is 15.5. The summed E-state index contributed by atoms with van der Waals surface area (Å²) >= 11 is 0. The molecule has 0 fully saturated rings. The van der Waals surface area contributed by atoms with Gasteiger partial charge in [0.05, 0.1) is 17.6 Å². The Bertz CT molecular complexity index is 1330. The summed E-state index contributed by atoms with van der Waals surface area (Å²) in [6.45, 7) is 0. The lowest BCUT2D eigenvalue weighted by Gasteiger charge is -2.13. The summed E-state index contributed by atoms with van der Waals surface area (Å²) in [5.74, 6) is -1.77. The van der Waals surface area contributed by atoms with E-state index in [9.17, 15) is 13.6 Å². The van der Waals surface area contributed by atoms with E-state index in [1.807, 2.05) is 23.9 Å². The normalized spacial score (nSPS) is 12.6. The Labute approximate surface area is 183 Å². The number of imidazole rings is 1. The zero-order chi connectivity index (χ0) is 22.2. The average molecular weight is 430 g/mol. The van der Waals surface area contributed by atoms with Crippen molar-refractivity contribution in [1.82, 2.24) is 14.5 Å². The molecule has 32 heavy (non-hydrogen) atoms. The second-order valence-electron chi connectivity index (χ2n) is 7.87. The van der Waals surface area contributed by atoms with Crippen LogP contribution in [0.2, 0.25) is 0 Å². The van der Waals surface area contributed by atoms with E-state index in [1.165, 1.54) is 17.8 Å². The van der Waals surface area contributed by atoms with Crippen LogP contribution in [0.25, 0.3) is 22.6 Å². The molecule has 2 aromatic carbocycles. The predicted octanol–water partition coefficient (Wildman–Crippen LogP) is 5.17. The van der Waals surface area contributed by atoms with Gasteiger partial charge in [-0.1, -0.05) is 18.2 Å². The Morgan fingerprint density at radius 2 is 1.81 bits per heavy atom. The van der Waals surface area contributed by atoms with Crippen molar-refractivity contribution in [2.75, 3.05) is 5.32 Å². The minimum atomic E-state index is -0.902. The summed E-state index contributed by atoms with van der Waals surface area (Å²) < 4.78 is 29.9. The van der Waals surface area contributed by atoms with Gasteiger partial charge >= 0.3 is 0 Å². The lowest BCUT2D eigenvalue weighted by molar-refractivity contribution is 0.101. The van der Waals surface area contributed by atoms with E-state index in [2.05, 4.69) is 33.5 Å². The Morgan fingerprint density at radius 1 is 1.03 bits per heavy atom. The number of carbonyl (C=O) groups excluding carboxylic acids is 1. The Balaban J connectivity index is 1.50. The number of rotatable bonds is 3. The monoisotopic (exact) mass is 430 g/mol. The SMILES string of the molecule is Cn1ccnc1-c1ccc2c(c1)-c1ncc(NC(=O)c3c(F)cccc3F)cc1CCC2. The first-order valence-electron chi connectivity index (χ1n) is 10.4. The number of nitrogens with one attached hydrogen (secondary N) is 1. The molecule has 0 radical (unpaired) electrons. The zero-order valence-electron chi connectivity index (χ0n) is 17.4. The number of amides is 1. The van der Waals surface area contributed by atoms with E-state index in [-0.39, 0.29) is 0 Å². The predicted molar refractivity (Wildman–Crippen MR) is 118 cm³/mol. The first kappa shape index (κ1) is 20.1. The van der Waals surface area contributed by atoms with Crippen molar-refractivity contribution in [3.05, 3.63) is 89.4 Å². The molecule has 0 spiro atoms. The number of carbonyl (C=O) groups is 1. The van der Waals surface area contributed by atoms with Gasteiger partial charge in [-0.05, 0) is 54.7 Å². The molecule has 0 atom stereocenters. The number of benzene rings is 2. The molecule has 5 rings (SSSR count). The van der Waals surface area contributed by atoms with Gasteiger partial charge in [0.15, 0.2) is 0 Å². The third kappa shape index (κ3) is 3.56. The molecule has 0 unspecified atom stereocenters. The fraction of sp³-hybridized carbons (Fsp3) is 0.160. The Morgan fingerprint density at radius 3 is 2.56 bits per heavy atom. The van der Waals surface area contributed by atoms with Crippen molar-refractivity contribution in [3.8, 4) is 22.6 Å². The summed E-state index contributed by atoms with van der Waals surface area (Å²) in [4.78, 5) is 21.5. The van der Waals surface area contributed by atoms with Crippen LogP contribution in [0.4, 0.5) is 14.5 Å². The maximum atomic E-state index is 14.0. The van der Waals surface area contributed by atoms with Crippen LogP contribution in [0.3, 0.4) is 0 Å². The highest BCUT2D eigenvalue weighted by Gasteiger charge is 2.20. The zero-order valence-corrected chi connectivity index (χ0v) is 17.4. The molecule has 1 amide bonds. The molecule has 1 aliphatic carbocycles. The van der Waals surface area contributed by atoms with Crippen molar-refractivity contribution < 1.29 is 13.6 Å². The van der Waals surface area contributed by atoms with Crippen molar-refractivity contribution in [2.45, 2.75) is 19.3 Å². The number of hydrogen-bond acceptors (Lipinski definition) is 3. The van der Waals surface area contributed by atoms with E-state index < -0.39 is 23.1 Å². The van der Waals surface area contributed by atoms with E-state index >= 15 is 0 Å². The quantitative estimate of drug-likeness (QED) is 0.488. The molecule has 0 saturated heterocycles. The van der Waals surface area contributed by atoms with Gasteiger partial charge in [0, 0.05) is 30.6 Å². The molecule has 4 aromatic rings. The maximum absolute atomic E-state index is 14.0. The number of anilines is 1. The molecule has 7 heteroatoms. The highest BCUT2D eigenvalue weighted by atomic mass is 19.1. The summed E-state index contributed by atoms with van der Waals surface area (Å²) in [6, 6.07) is 11.5. The van der Waals surface area contributed by atoms with E-state index in [0.717, 1.165) is 59.6 Å². The van der Waals surface area contributed by atoms with Crippen molar-refractivity contribution in [3.63, 3.8) is 0 Å². The molecule has 0 bridgehead atoms. The minimum Gasteiger partial charge on any atom is -0.334 e. The second-order valence-corrected chi connectivity index (χ2v) is 7.87. The third-order valence-corrected chi connectivity index (χ3v) is 5.75. The fourth-order valence-electron chi connectivity index (χ4n) is 4.19. The number of halogens is 2. The van der Waals surface area contributed by atoms with Crippen LogP contribution in [0.15, 0.2) is 61.1 Å². The van der Waals surface area contributed by atoms with Crippen LogP contribution in [-0.4, -0.2) is 20.4 Å². The fourth-order valence-corrected chi connectivity index (χ4v) is 4.19. The maximum Gasteiger partial charge on any atom is 0.261 e. The number of fused-ring (bicyclic) bond motifs is 3. The number of aryl methyl sites for hydroxylation is 3. The van der Waals surface area contributed by atoms with Gasteiger partial charge in [-0.3, -0.25) is 9.78 Å². The van der Waals surface area contributed by atoms with Crippen LogP contribution < -0.4 is 5.32 Å².